The van der Waals surface area contributed by atoms with Crippen LogP contribution in [0.3, 0.4) is 0 Å². The highest BCUT2D eigenvalue weighted by Crippen LogP contribution is 2.37. The number of hydrogen-bond acceptors (Lipinski definition) is 1. The third-order valence-electron chi connectivity index (χ3n) is 4.43. The monoisotopic (exact) mass is 296 g/mol. The first-order valence-electron chi connectivity index (χ1n) is 7.41. The van der Waals surface area contributed by atoms with Crippen LogP contribution in [0.25, 0.3) is 10.9 Å². The maximum atomic E-state index is 13.1. The van der Waals surface area contributed by atoms with Crippen LogP contribution < -0.4 is 5.32 Å². The molecule has 1 aromatic heterocycles. The van der Waals surface area contributed by atoms with E-state index in [0.717, 1.165) is 22.9 Å². The Kier molecular flexibility index (Phi) is 3.93. The van der Waals surface area contributed by atoms with Crippen LogP contribution in [0.15, 0.2) is 30.5 Å². The van der Waals surface area contributed by atoms with Gasteiger partial charge in [0.25, 0.3) is 0 Å². The predicted octanol–water partition coefficient (Wildman–Crippen LogP) is 4.38. The molecule has 2 nitrogen and oxygen atoms in total. The van der Waals surface area contributed by atoms with Crippen molar-refractivity contribution in [3.8, 4) is 0 Å². The highest BCUT2D eigenvalue weighted by molar-refractivity contribution is 5.82. The van der Waals surface area contributed by atoms with Crippen molar-refractivity contribution in [2.24, 2.45) is 5.92 Å². The lowest BCUT2D eigenvalue weighted by molar-refractivity contribution is -0.189. The normalized spacial score (nSPS) is 23.6. The molecule has 0 saturated heterocycles. The Morgan fingerprint density at radius 1 is 1.14 bits per heavy atom. The first kappa shape index (κ1) is 14.4. The molecular formula is C16H19F3N2. The van der Waals surface area contributed by atoms with Crippen molar-refractivity contribution in [2.45, 2.75) is 44.4 Å². The first-order chi connectivity index (χ1) is 10.1. The standard InChI is InChI=1S/C16H19F3N2/c17-16(18,19)13-5-1-2-6-15(13)21-10-11-4-3-7-14-12(11)8-9-20-14/h3-4,7-9,13,15,20-21H,1-2,5-6,10H2. The van der Waals surface area contributed by atoms with Gasteiger partial charge in [0.05, 0.1) is 5.92 Å². The van der Waals surface area contributed by atoms with E-state index in [-0.39, 0.29) is 6.42 Å². The predicted molar refractivity (Wildman–Crippen MR) is 76.9 cm³/mol. The largest absolute Gasteiger partial charge is 0.393 e. The van der Waals surface area contributed by atoms with Gasteiger partial charge in [-0.2, -0.15) is 13.2 Å². The summed E-state index contributed by atoms with van der Waals surface area (Å²) in [5, 5.41) is 4.22. The number of halogens is 3. The summed E-state index contributed by atoms with van der Waals surface area (Å²) in [6, 6.07) is 7.37. The van der Waals surface area contributed by atoms with Gasteiger partial charge in [-0.3, -0.25) is 0 Å². The molecule has 1 aliphatic rings. The van der Waals surface area contributed by atoms with Gasteiger partial charge >= 0.3 is 6.18 Å². The number of fused-ring (bicyclic) bond motifs is 1. The molecule has 0 spiro atoms. The SMILES string of the molecule is FC(F)(F)C1CCCCC1NCc1cccc2[nH]ccc12. The minimum absolute atomic E-state index is 0.246. The van der Waals surface area contributed by atoms with Gasteiger partial charge in [0.15, 0.2) is 0 Å². The summed E-state index contributed by atoms with van der Waals surface area (Å²) in [5.41, 5.74) is 2.06. The summed E-state index contributed by atoms with van der Waals surface area (Å²) in [6.07, 6.45) is 0.155. The Labute approximate surface area is 121 Å². The molecule has 114 valence electrons. The molecule has 1 heterocycles. The lowest BCUT2D eigenvalue weighted by Crippen LogP contribution is -2.45. The molecule has 2 N–H and O–H groups in total. The van der Waals surface area contributed by atoms with Crippen LogP contribution >= 0.6 is 0 Å². The van der Waals surface area contributed by atoms with Crippen molar-refractivity contribution in [3.63, 3.8) is 0 Å². The molecule has 1 saturated carbocycles. The topological polar surface area (TPSA) is 27.8 Å². The summed E-state index contributed by atoms with van der Waals surface area (Å²) in [5.74, 6) is -1.21. The Bertz CT molecular complexity index is 603. The quantitative estimate of drug-likeness (QED) is 0.864. The smallest absolute Gasteiger partial charge is 0.361 e. The van der Waals surface area contributed by atoms with E-state index in [9.17, 15) is 13.2 Å². The van der Waals surface area contributed by atoms with Gasteiger partial charge in [0.1, 0.15) is 0 Å². The van der Waals surface area contributed by atoms with Gasteiger partial charge in [-0.1, -0.05) is 25.0 Å². The zero-order valence-electron chi connectivity index (χ0n) is 11.7. The number of aromatic amines is 1. The summed E-state index contributed by atoms with van der Waals surface area (Å²) in [7, 11) is 0. The second-order valence-electron chi connectivity index (χ2n) is 5.78. The number of aromatic nitrogens is 1. The lowest BCUT2D eigenvalue weighted by Gasteiger charge is -2.33. The van der Waals surface area contributed by atoms with Crippen LogP contribution in [0.1, 0.15) is 31.2 Å². The second kappa shape index (κ2) is 5.72. The summed E-state index contributed by atoms with van der Waals surface area (Å²) < 4.78 is 39.2. The molecule has 5 heteroatoms. The van der Waals surface area contributed by atoms with Crippen molar-refractivity contribution in [1.29, 1.82) is 0 Å². The molecule has 2 unspecified atom stereocenters. The average molecular weight is 296 g/mol. The molecule has 1 fully saturated rings. The Balaban J connectivity index is 1.72. The van der Waals surface area contributed by atoms with Crippen LogP contribution in [-0.2, 0) is 6.54 Å². The van der Waals surface area contributed by atoms with E-state index in [0.29, 0.717) is 19.4 Å². The number of nitrogens with one attached hydrogen (secondary N) is 2. The molecule has 1 aromatic carbocycles. The Morgan fingerprint density at radius 2 is 1.95 bits per heavy atom. The molecule has 2 aromatic rings. The first-order valence-corrected chi connectivity index (χ1v) is 7.41. The molecule has 0 bridgehead atoms. The van der Waals surface area contributed by atoms with Crippen molar-refractivity contribution in [2.75, 3.05) is 0 Å². The number of alkyl halides is 3. The van der Waals surface area contributed by atoms with E-state index < -0.39 is 18.1 Å². The highest BCUT2D eigenvalue weighted by Gasteiger charge is 2.45. The number of rotatable bonds is 3. The summed E-state index contributed by atoms with van der Waals surface area (Å²) >= 11 is 0. The third kappa shape index (κ3) is 3.07. The van der Waals surface area contributed by atoms with Crippen molar-refractivity contribution in [1.82, 2.24) is 10.3 Å². The minimum Gasteiger partial charge on any atom is -0.361 e. The molecule has 1 aliphatic carbocycles. The van der Waals surface area contributed by atoms with Crippen LogP contribution in [0.5, 0.6) is 0 Å². The molecule has 0 radical (unpaired) electrons. The van der Waals surface area contributed by atoms with Gasteiger partial charge in [0.2, 0.25) is 0 Å². The lowest BCUT2D eigenvalue weighted by atomic mass is 9.84. The molecule has 0 amide bonds. The van der Waals surface area contributed by atoms with Crippen LogP contribution in [0.2, 0.25) is 0 Å². The number of H-pyrrole nitrogens is 1. The van der Waals surface area contributed by atoms with Crippen molar-refractivity contribution < 1.29 is 13.2 Å². The fourth-order valence-corrected chi connectivity index (χ4v) is 3.31. The molecule has 2 atom stereocenters. The van der Waals surface area contributed by atoms with Crippen LogP contribution in [-0.4, -0.2) is 17.2 Å². The van der Waals surface area contributed by atoms with Gasteiger partial charge in [-0.15, -0.1) is 0 Å². The maximum absolute atomic E-state index is 13.1. The van der Waals surface area contributed by atoms with Gasteiger partial charge in [-0.25, -0.2) is 0 Å². The molecule has 21 heavy (non-hydrogen) atoms. The van der Waals surface area contributed by atoms with Gasteiger partial charge < -0.3 is 10.3 Å². The average Bonchev–Trinajstić information content (AvgIpc) is 2.93. The molecular weight excluding hydrogens is 277 g/mol. The van der Waals surface area contributed by atoms with Gasteiger partial charge in [-0.05, 0) is 30.5 Å². The highest BCUT2D eigenvalue weighted by atomic mass is 19.4. The van der Waals surface area contributed by atoms with E-state index in [2.05, 4.69) is 10.3 Å². The molecule has 0 aliphatic heterocycles. The van der Waals surface area contributed by atoms with E-state index in [1.54, 1.807) is 0 Å². The van der Waals surface area contributed by atoms with E-state index in [1.165, 1.54) is 0 Å². The maximum Gasteiger partial charge on any atom is 0.393 e. The third-order valence-corrected chi connectivity index (χ3v) is 4.43. The van der Waals surface area contributed by atoms with Crippen molar-refractivity contribution in [3.05, 3.63) is 36.0 Å². The zero-order chi connectivity index (χ0) is 14.9. The Morgan fingerprint density at radius 3 is 2.76 bits per heavy atom. The number of benzene rings is 1. The van der Waals surface area contributed by atoms with Crippen LogP contribution in [0, 0.1) is 5.92 Å². The summed E-state index contributed by atoms with van der Waals surface area (Å²) in [6.45, 7) is 0.479. The van der Waals surface area contributed by atoms with Crippen LogP contribution in [0.4, 0.5) is 13.2 Å². The van der Waals surface area contributed by atoms with E-state index in [4.69, 9.17) is 0 Å². The number of hydrogen-bond donors (Lipinski definition) is 2. The zero-order valence-corrected chi connectivity index (χ0v) is 11.7. The molecule has 3 rings (SSSR count). The van der Waals surface area contributed by atoms with Crippen molar-refractivity contribution >= 4 is 10.9 Å². The summed E-state index contributed by atoms with van der Waals surface area (Å²) in [4.78, 5) is 3.12. The van der Waals surface area contributed by atoms with E-state index in [1.807, 2.05) is 30.5 Å². The van der Waals surface area contributed by atoms with E-state index >= 15 is 0 Å². The fraction of sp³-hybridized carbons (Fsp3) is 0.500. The fourth-order valence-electron chi connectivity index (χ4n) is 3.31. The van der Waals surface area contributed by atoms with Gasteiger partial charge in [0, 0.05) is 29.7 Å². The Hall–Kier alpha value is -1.49. The second-order valence-corrected chi connectivity index (χ2v) is 5.78. The minimum atomic E-state index is -4.10.